The number of amides is 2. The van der Waals surface area contributed by atoms with E-state index >= 15 is 0 Å². The first-order valence-corrected chi connectivity index (χ1v) is 8.53. The van der Waals surface area contributed by atoms with E-state index < -0.39 is 0 Å². The summed E-state index contributed by atoms with van der Waals surface area (Å²) in [6, 6.07) is 17.8. The van der Waals surface area contributed by atoms with Crippen LogP contribution >= 0.6 is 0 Å². The van der Waals surface area contributed by atoms with Crippen LogP contribution in [0, 0.1) is 0 Å². The number of benzene rings is 2. The first-order chi connectivity index (χ1) is 12.1. The highest BCUT2D eigenvalue weighted by molar-refractivity contribution is 5.73. The lowest BCUT2D eigenvalue weighted by atomic mass is 10.1. The number of aliphatic hydroxyl groups is 1. The quantitative estimate of drug-likeness (QED) is 0.691. The molecule has 2 rings (SSSR count). The second kappa shape index (κ2) is 9.81. The van der Waals surface area contributed by atoms with Gasteiger partial charge in [-0.05, 0) is 30.7 Å². The van der Waals surface area contributed by atoms with Crippen molar-refractivity contribution in [2.45, 2.75) is 32.7 Å². The van der Waals surface area contributed by atoms with Crippen molar-refractivity contribution < 1.29 is 9.90 Å². The van der Waals surface area contributed by atoms with Gasteiger partial charge in [-0.15, -0.1) is 0 Å². The predicted molar refractivity (Wildman–Crippen MR) is 100.0 cm³/mol. The van der Waals surface area contributed by atoms with E-state index in [1.807, 2.05) is 42.5 Å². The molecule has 0 spiro atoms. The Morgan fingerprint density at radius 3 is 2.36 bits per heavy atom. The molecule has 1 unspecified atom stereocenters. The number of urea groups is 1. The minimum atomic E-state index is -0.201. The summed E-state index contributed by atoms with van der Waals surface area (Å²) in [6.45, 7) is 3.87. The van der Waals surface area contributed by atoms with Crippen molar-refractivity contribution in [1.29, 1.82) is 0 Å². The van der Waals surface area contributed by atoms with Crippen molar-refractivity contribution in [3.05, 3.63) is 71.3 Å². The molecule has 2 amide bonds. The summed E-state index contributed by atoms with van der Waals surface area (Å²) in [5.74, 6) is 0. The van der Waals surface area contributed by atoms with Crippen molar-refractivity contribution in [2.24, 2.45) is 0 Å². The van der Waals surface area contributed by atoms with Gasteiger partial charge in [0.25, 0.3) is 0 Å². The van der Waals surface area contributed by atoms with Crippen molar-refractivity contribution in [3.63, 3.8) is 0 Å². The molecule has 0 saturated carbocycles. The molecule has 1 atom stereocenters. The fraction of sp³-hybridized carbons (Fsp3) is 0.350. The van der Waals surface area contributed by atoms with Gasteiger partial charge in [0.2, 0.25) is 0 Å². The molecule has 0 aromatic heterocycles. The number of carbonyl (C=O) groups excluding carboxylic acids is 1. The Morgan fingerprint density at radius 2 is 1.68 bits per heavy atom. The van der Waals surface area contributed by atoms with E-state index in [4.69, 9.17) is 0 Å². The fourth-order valence-electron chi connectivity index (χ4n) is 2.55. The summed E-state index contributed by atoms with van der Waals surface area (Å²) in [4.78, 5) is 14.2. The number of rotatable bonds is 8. The molecule has 0 aliphatic carbocycles. The summed E-state index contributed by atoms with van der Waals surface area (Å²) in [5.41, 5.74) is 3.01. The first kappa shape index (κ1) is 19.0. The summed E-state index contributed by atoms with van der Waals surface area (Å²) >= 11 is 0. The Hall–Kier alpha value is -2.37. The van der Waals surface area contributed by atoms with Gasteiger partial charge in [-0.1, -0.05) is 54.6 Å². The normalized spacial score (nSPS) is 12.0. The second-order valence-electron chi connectivity index (χ2n) is 6.24. The van der Waals surface area contributed by atoms with E-state index in [0.29, 0.717) is 13.1 Å². The lowest BCUT2D eigenvalue weighted by Gasteiger charge is -2.25. The summed E-state index contributed by atoms with van der Waals surface area (Å²) in [7, 11) is 2.05. The van der Waals surface area contributed by atoms with Crippen LogP contribution in [0.2, 0.25) is 0 Å². The van der Waals surface area contributed by atoms with Gasteiger partial charge >= 0.3 is 6.03 Å². The minimum Gasteiger partial charge on any atom is -0.392 e. The van der Waals surface area contributed by atoms with Crippen LogP contribution in [0.1, 0.15) is 23.6 Å². The predicted octanol–water partition coefficient (Wildman–Crippen LogP) is 2.50. The van der Waals surface area contributed by atoms with Crippen LogP contribution in [0.5, 0.6) is 0 Å². The molecular weight excluding hydrogens is 314 g/mol. The third-order valence-corrected chi connectivity index (χ3v) is 4.31. The molecule has 5 heteroatoms. The van der Waals surface area contributed by atoms with Crippen LogP contribution in [0.25, 0.3) is 0 Å². The third-order valence-electron chi connectivity index (χ3n) is 4.31. The Kier molecular flexibility index (Phi) is 7.44. The van der Waals surface area contributed by atoms with Crippen LogP contribution in [0.4, 0.5) is 4.79 Å². The molecule has 3 N–H and O–H groups in total. The zero-order valence-electron chi connectivity index (χ0n) is 14.9. The molecule has 0 bridgehead atoms. The Morgan fingerprint density at radius 1 is 1.04 bits per heavy atom. The molecular formula is C20H27N3O2. The molecule has 0 aliphatic rings. The number of nitrogens with zero attached hydrogens (tertiary/aromatic N) is 1. The van der Waals surface area contributed by atoms with Crippen molar-refractivity contribution in [2.75, 3.05) is 13.6 Å². The van der Waals surface area contributed by atoms with E-state index in [0.717, 1.165) is 17.7 Å². The number of hydrogen-bond donors (Lipinski definition) is 3. The zero-order valence-corrected chi connectivity index (χ0v) is 14.9. The highest BCUT2D eigenvalue weighted by Gasteiger charge is 2.11. The number of likely N-dealkylation sites (N-methyl/N-ethyl adjacent to an activating group) is 1. The summed E-state index contributed by atoms with van der Waals surface area (Å²) in [6.07, 6.45) is 0. The largest absolute Gasteiger partial charge is 0.392 e. The maximum atomic E-state index is 12.0. The first-order valence-electron chi connectivity index (χ1n) is 8.53. The standard InChI is InChI=1S/C20H27N3O2/c1-16(23(2)14-17-8-4-3-5-9-17)12-21-20(25)22-13-18-10-6-7-11-19(18)15-24/h3-11,16,24H,12-15H2,1-2H3,(H2,21,22,25). The van der Waals surface area contributed by atoms with Crippen molar-refractivity contribution in [3.8, 4) is 0 Å². The van der Waals surface area contributed by atoms with E-state index in [9.17, 15) is 9.90 Å². The maximum Gasteiger partial charge on any atom is 0.315 e. The van der Waals surface area contributed by atoms with Crippen LogP contribution in [0.3, 0.4) is 0 Å². The molecule has 0 saturated heterocycles. The van der Waals surface area contributed by atoms with Gasteiger partial charge in [0, 0.05) is 25.7 Å². The molecule has 0 radical (unpaired) electrons. The van der Waals surface area contributed by atoms with Gasteiger partial charge in [0.1, 0.15) is 0 Å². The van der Waals surface area contributed by atoms with Gasteiger partial charge in [-0.3, -0.25) is 4.90 Å². The maximum absolute atomic E-state index is 12.0. The SMILES string of the molecule is CC(CNC(=O)NCc1ccccc1CO)N(C)Cc1ccccc1. The smallest absolute Gasteiger partial charge is 0.315 e. The average molecular weight is 341 g/mol. The van der Waals surface area contributed by atoms with E-state index in [2.05, 4.69) is 41.6 Å². The number of carbonyl (C=O) groups is 1. The van der Waals surface area contributed by atoms with E-state index in [-0.39, 0.29) is 18.7 Å². The summed E-state index contributed by atoms with van der Waals surface area (Å²) in [5, 5.41) is 15.0. The monoisotopic (exact) mass is 341 g/mol. The Bertz CT molecular complexity index is 661. The van der Waals surface area contributed by atoms with Crippen LogP contribution < -0.4 is 10.6 Å². The Labute approximate surface area is 149 Å². The van der Waals surface area contributed by atoms with E-state index in [1.54, 1.807) is 0 Å². The van der Waals surface area contributed by atoms with Crippen LogP contribution in [-0.4, -0.2) is 35.7 Å². The topological polar surface area (TPSA) is 64.6 Å². The Balaban J connectivity index is 1.73. The lowest BCUT2D eigenvalue weighted by molar-refractivity contribution is 0.223. The van der Waals surface area contributed by atoms with Crippen LogP contribution in [-0.2, 0) is 19.7 Å². The number of hydrogen-bond acceptors (Lipinski definition) is 3. The van der Waals surface area contributed by atoms with Crippen LogP contribution in [0.15, 0.2) is 54.6 Å². The molecule has 25 heavy (non-hydrogen) atoms. The molecule has 0 fully saturated rings. The van der Waals surface area contributed by atoms with Crippen molar-refractivity contribution in [1.82, 2.24) is 15.5 Å². The number of aliphatic hydroxyl groups excluding tert-OH is 1. The third kappa shape index (κ3) is 6.21. The highest BCUT2D eigenvalue weighted by Crippen LogP contribution is 2.08. The molecule has 2 aromatic rings. The average Bonchev–Trinajstić information content (AvgIpc) is 2.65. The van der Waals surface area contributed by atoms with Gasteiger partial charge < -0.3 is 15.7 Å². The molecule has 0 aliphatic heterocycles. The van der Waals surface area contributed by atoms with E-state index in [1.165, 1.54) is 5.56 Å². The van der Waals surface area contributed by atoms with Gasteiger partial charge in [-0.25, -0.2) is 4.79 Å². The van der Waals surface area contributed by atoms with Gasteiger partial charge in [0.05, 0.1) is 6.61 Å². The minimum absolute atomic E-state index is 0.0270. The van der Waals surface area contributed by atoms with Crippen molar-refractivity contribution >= 4 is 6.03 Å². The zero-order chi connectivity index (χ0) is 18.1. The molecule has 0 heterocycles. The second-order valence-corrected chi connectivity index (χ2v) is 6.24. The molecule has 2 aromatic carbocycles. The van der Waals surface area contributed by atoms with Gasteiger partial charge in [0.15, 0.2) is 0 Å². The molecule has 134 valence electrons. The number of nitrogens with one attached hydrogen (secondary N) is 2. The fourth-order valence-corrected chi connectivity index (χ4v) is 2.55. The highest BCUT2D eigenvalue weighted by atomic mass is 16.3. The lowest BCUT2D eigenvalue weighted by Crippen LogP contribution is -2.43. The molecule has 5 nitrogen and oxygen atoms in total. The van der Waals surface area contributed by atoms with Gasteiger partial charge in [-0.2, -0.15) is 0 Å². The summed E-state index contributed by atoms with van der Waals surface area (Å²) < 4.78 is 0.